The summed E-state index contributed by atoms with van der Waals surface area (Å²) in [5.41, 5.74) is -0.0444. The SMILES string of the molecule is COc1ccc(C)cc1C(=O)C(F)(F)C(F)F. The smallest absolute Gasteiger partial charge is 0.369 e. The third-order valence-electron chi connectivity index (χ3n) is 2.18. The predicted octanol–water partition coefficient (Wildman–Crippen LogP) is 3.09. The molecule has 0 aliphatic rings. The van der Waals surface area contributed by atoms with Crippen molar-refractivity contribution in [2.24, 2.45) is 0 Å². The molecular weight excluding hydrogens is 240 g/mol. The zero-order valence-electron chi connectivity index (χ0n) is 9.14. The molecule has 1 aromatic carbocycles. The number of carbonyl (C=O) groups is 1. The van der Waals surface area contributed by atoms with E-state index in [0.29, 0.717) is 5.56 Å². The molecule has 0 amide bonds. The Bertz CT molecular complexity index is 429. The molecule has 0 unspecified atom stereocenters. The number of rotatable bonds is 4. The summed E-state index contributed by atoms with van der Waals surface area (Å²) < 4.78 is 54.7. The fraction of sp³-hybridized carbons (Fsp3) is 0.364. The van der Waals surface area contributed by atoms with Crippen molar-refractivity contribution < 1.29 is 27.1 Å². The van der Waals surface area contributed by atoms with Gasteiger partial charge in [0.15, 0.2) is 0 Å². The Balaban J connectivity index is 3.24. The number of methoxy groups -OCH3 is 1. The molecule has 0 spiro atoms. The first-order valence-electron chi connectivity index (χ1n) is 4.66. The highest BCUT2D eigenvalue weighted by atomic mass is 19.3. The molecule has 0 aliphatic heterocycles. The molecule has 0 aromatic heterocycles. The lowest BCUT2D eigenvalue weighted by Gasteiger charge is -2.16. The highest BCUT2D eigenvalue weighted by Crippen LogP contribution is 2.31. The minimum absolute atomic E-state index is 0.152. The van der Waals surface area contributed by atoms with Crippen LogP contribution in [0.5, 0.6) is 5.75 Å². The van der Waals surface area contributed by atoms with Gasteiger partial charge in [-0.1, -0.05) is 11.6 Å². The van der Waals surface area contributed by atoms with Crippen molar-refractivity contribution in [2.75, 3.05) is 7.11 Å². The zero-order valence-corrected chi connectivity index (χ0v) is 9.14. The lowest BCUT2D eigenvalue weighted by molar-refractivity contribution is -0.0959. The van der Waals surface area contributed by atoms with Gasteiger partial charge >= 0.3 is 12.3 Å². The molecule has 0 atom stereocenters. The summed E-state index contributed by atoms with van der Waals surface area (Å²) in [5.74, 6) is -6.80. The number of Topliss-reactive ketones (excluding diaryl/α,β-unsaturated/α-hetero) is 1. The van der Waals surface area contributed by atoms with Crippen molar-refractivity contribution in [3.05, 3.63) is 29.3 Å². The average Bonchev–Trinajstić information content (AvgIpc) is 2.27. The van der Waals surface area contributed by atoms with Gasteiger partial charge in [0.2, 0.25) is 5.78 Å². The molecule has 17 heavy (non-hydrogen) atoms. The number of hydrogen-bond donors (Lipinski definition) is 0. The van der Waals surface area contributed by atoms with Crippen molar-refractivity contribution in [3.63, 3.8) is 0 Å². The van der Waals surface area contributed by atoms with Crippen LogP contribution in [0, 0.1) is 6.92 Å². The predicted molar refractivity (Wildman–Crippen MR) is 53.0 cm³/mol. The summed E-state index contributed by atoms with van der Waals surface area (Å²) in [6.07, 6.45) is -4.04. The normalized spacial score (nSPS) is 11.7. The van der Waals surface area contributed by atoms with Crippen LogP contribution in [0.4, 0.5) is 17.6 Å². The van der Waals surface area contributed by atoms with Crippen molar-refractivity contribution in [3.8, 4) is 5.75 Å². The van der Waals surface area contributed by atoms with Gasteiger partial charge in [0.05, 0.1) is 12.7 Å². The third kappa shape index (κ3) is 2.57. The van der Waals surface area contributed by atoms with Crippen LogP contribution in [0.2, 0.25) is 0 Å². The van der Waals surface area contributed by atoms with Gasteiger partial charge in [-0.25, -0.2) is 8.78 Å². The Morgan fingerprint density at radius 2 is 1.94 bits per heavy atom. The molecule has 0 fully saturated rings. The molecule has 0 bridgehead atoms. The first kappa shape index (κ1) is 13.5. The fourth-order valence-corrected chi connectivity index (χ4v) is 1.28. The second-order valence-electron chi connectivity index (χ2n) is 3.46. The molecule has 6 heteroatoms. The van der Waals surface area contributed by atoms with E-state index >= 15 is 0 Å². The van der Waals surface area contributed by atoms with E-state index in [1.54, 1.807) is 6.92 Å². The van der Waals surface area contributed by atoms with E-state index in [-0.39, 0.29) is 5.75 Å². The van der Waals surface area contributed by atoms with Gasteiger partial charge < -0.3 is 4.74 Å². The third-order valence-corrected chi connectivity index (χ3v) is 2.18. The van der Waals surface area contributed by atoms with Crippen LogP contribution in [-0.2, 0) is 0 Å². The molecule has 2 nitrogen and oxygen atoms in total. The van der Waals surface area contributed by atoms with Crippen LogP contribution < -0.4 is 4.74 Å². The summed E-state index contributed by atoms with van der Waals surface area (Å²) in [6.45, 7) is 1.55. The number of aryl methyl sites for hydroxylation is 1. The van der Waals surface area contributed by atoms with E-state index in [1.165, 1.54) is 19.2 Å². The van der Waals surface area contributed by atoms with E-state index in [2.05, 4.69) is 0 Å². The molecular formula is C11H10F4O2. The van der Waals surface area contributed by atoms with Crippen molar-refractivity contribution in [1.29, 1.82) is 0 Å². The number of carbonyl (C=O) groups excluding carboxylic acids is 1. The minimum Gasteiger partial charge on any atom is -0.496 e. The van der Waals surface area contributed by atoms with Gasteiger partial charge in [0, 0.05) is 0 Å². The summed E-state index contributed by atoms with van der Waals surface area (Å²) in [5, 5.41) is 0. The largest absolute Gasteiger partial charge is 0.496 e. The number of halogens is 4. The summed E-state index contributed by atoms with van der Waals surface area (Å²) in [6, 6.07) is 3.90. The first-order chi connectivity index (χ1) is 7.80. The number of ketones is 1. The van der Waals surface area contributed by atoms with Gasteiger partial charge in [-0.15, -0.1) is 0 Å². The molecule has 0 radical (unpaired) electrons. The molecule has 0 N–H and O–H groups in total. The monoisotopic (exact) mass is 250 g/mol. The van der Waals surface area contributed by atoms with E-state index in [9.17, 15) is 22.4 Å². The second-order valence-corrected chi connectivity index (χ2v) is 3.46. The van der Waals surface area contributed by atoms with Gasteiger partial charge in [-0.2, -0.15) is 8.78 Å². The molecule has 94 valence electrons. The lowest BCUT2D eigenvalue weighted by Crippen LogP contribution is -2.36. The van der Waals surface area contributed by atoms with E-state index in [0.717, 1.165) is 6.07 Å². The van der Waals surface area contributed by atoms with E-state index < -0.39 is 23.7 Å². The first-order valence-corrected chi connectivity index (χ1v) is 4.66. The van der Waals surface area contributed by atoms with Crippen LogP contribution in [0.3, 0.4) is 0 Å². The van der Waals surface area contributed by atoms with E-state index in [1.807, 2.05) is 0 Å². The molecule has 0 heterocycles. The number of hydrogen-bond acceptors (Lipinski definition) is 2. The van der Waals surface area contributed by atoms with Crippen LogP contribution in [-0.4, -0.2) is 25.2 Å². The number of benzene rings is 1. The van der Waals surface area contributed by atoms with Crippen molar-refractivity contribution in [2.45, 2.75) is 19.3 Å². The van der Waals surface area contributed by atoms with Crippen molar-refractivity contribution >= 4 is 5.78 Å². The molecule has 0 saturated heterocycles. The molecule has 1 aromatic rings. The topological polar surface area (TPSA) is 26.3 Å². The lowest BCUT2D eigenvalue weighted by atomic mass is 10.0. The van der Waals surface area contributed by atoms with Crippen LogP contribution in [0.1, 0.15) is 15.9 Å². The van der Waals surface area contributed by atoms with Crippen LogP contribution >= 0.6 is 0 Å². The highest BCUT2D eigenvalue weighted by molar-refractivity contribution is 6.04. The average molecular weight is 250 g/mol. The van der Waals surface area contributed by atoms with Gasteiger partial charge in [0.25, 0.3) is 0 Å². The maximum atomic E-state index is 12.9. The Kier molecular flexibility index (Phi) is 3.75. The highest BCUT2D eigenvalue weighted by Gasteiger charge is 2.49. The van der Waals surface area contributed by atoms with Crippen molar-refractivity contribution in [1.82, 2.24) is 0 Å². The van der Waals surface area contributed by atoms with Crippen LogP contribution in [0.15, 0.2) is 18.2 Å². The van der Waals surface area contributed by atoms with E-state index in [4.69, 9.17) is 4.74 Å². The van der Waals surface area contributed by atoms with Gasteiger partial charge in [-0.3, -0.25) is 4.79 Å². The maximum Gasteiger partial charge on any atom is 0.369 e. The summed E-state index contributed by atoms with van der Waals surface area (Å²) in [4.78, 5) is 11.3. The van der Waals surface area contributed by atoms with Gasteiger partial charge in [-0.05, 0) is 19.1 Å². The van der Waals surface area contributed by atoms with Gasteiger partial charge in [0.1, 0.15) is 5.75 Å². The number of ether oxygens (including phenoxy) is 1. The summed E-state index contributed by atoms with van der Waals surface area (Å²) >= 11 is 0. The van der Waals surface area contributed by atoms with Crippen LogP contribution in [0.25, 0.3) is 0 Å². The second kappa shape index (κ2) is 4.73. The Labute approximate surface area is 95.2 Å². The Hall–Kier alpha value is -1.59. The standard InChI is InChI=1S/C11H10F4O2/c1-6-3-4-8(17-2)7(5-6)9(16)11(14,15)10(12)13/h3-5,10H,1-2H3. The quantitative estimate of drug-likeness (QED) is 0.606. The molecule has 1 rings (SSSR count). The Morgan fingerprint density at radius 1 is 1.35 bits per heavy atom. The summed E-state index contributed by atoms with van der Waals surface area (Å²) in [7, 11) is 1.17. The molecule has 0 aliphatic carbocycles. The minimum atomic E-state index is -4.71. The molecule has 0 saturated carbocycles. The fourth-order valence-electron chi connectivity index (χ4n) is 1.28. The Morgan fingerprint density at radius 3 is 2.41 bits per heavy atom. The number of alkyl halides is 4. The maximum absolute atomic E-state index is 12.9. The zero-order chi connectivity index (χ0) is 13.2.